The molecule has 0 saturated heterocycles. The highest BCUT2D eigenvalue weighted by Gasteiger charge is 2.01. The zero-order valence-electron chi connectivity index (χ0n) is 8.65. The van der Waals surface area contributed by atoms with Crippen LogP contribution >= 0.6 is 11.3 Å². The van der Waals surface area contributed by atoms with Crippen LogP contribution in [0.3, 0.4) is 0 Å². The zero-order valence-corrected chi connectivity index (χ0v) is 9.47. The molecule has 7 heteroatoms. The van der Waals surface area contributed by atoms with Gasteiger partial charge in [0.05, 0.1) is 12.7 Å². The van der Waals surface area contributed by atoms with Crippen LogP contribution in [-0.2, 0) is 6.54 Å². The van der Waals surface area contributed by atoms with Gasteiger partial charge in [0.25, 0.3) is 5.56 Å². The van der Waals surface area contributed by atoms with E-state index >= 15 is 0 Å². The van der Waals surface area contributed by atoms with Crippen LogP contribution in [0.25, 0.3) is 0 Å². The van der Waals surface area contributed by atoms with Crippen LogP contribution in [0.2, 0.25) is 0 Å². The fraction of sp³-hybridized carbons (Fsp3) is 0.222. The first-order valence-corrected chi connectivity index (χ1v) is 5.53. The third-order valence-electron chi connectivity index (χ3n) is 1.90. The summed E-state index contributed by atoms with van der Waals surface area (Å²) in [4.78, 5) is 21.9. The van der Waals surface area contributed by atoms with Gasteiger partial charge in [-0.05, 0) is 6.92 Å². The van der Waals surface area contributed by atoms with Crippen LogP contribution in [-0.4, -0.2) is 15.0 Å². The molecule has 0 fully saturated rings. The van der Waals surface area contributed by atoms with E-state index in [1.807, 2.05) is 12.3 Å². The van der Waals surface area contributed by atoms with Crippen LogP contribution in [0.1, 0.15) is 10.7 Å². The molecule has 0 spiro atoms. The van der Waals surface area contributed by atoms with E-state index < -0.39 is 0 Å². The van der Waals surface area contributed by atoms with E-state index in [4.69, 9.17) is 5.73 Å². The molecule has 2 rings (SSSR count). The molecule has 0 bridgehead atoms. The molecule has 6 nitrogen and oxygen atoms in total. The van der Waals surface area contributed by atoms with Crippen molar-refractivity contribution in [2.75, 3.05) is 11.1 Å². The Labute approximate surface area is 95.6 Å². The molecule has 0 unspecified atom stereocenters. The maximum absolute atomic E-state index is 11.2. The molecule has 0 aliphatic rings. The van der Waals surface area contributed by atoms with Gasteiger partial charge in [0, 0.05) is 11.1 Å². The second-order valence-corrected chi connectivity index (χ2v) is 4.20. The summed E-state index contributed by atoms with van der Waals surface area (Å²) in [5.41, 5.74) is 6.11. The van der Waals surface area contributed by atoms with Crippen LogP contribution in [0.4, 0.5) is 11.6 Å². The van der Waals surface area contributed by atoms with Crippen molar-refractivity contribution in [2.24, 2.45) is 0 Å². The van der Waals surface area contributed by atoms with E-state index in [0.29, 0.717) is 12.5 Å². The second-order valence-electron chi connectivity index (χ2n) is 3.25. The first kappa shape index (κ1) is 10.6. The molecule has 2 aromatic rings. The van der Waals surface area contributed by atoms with Crippen molar-refractivity contribution in [1.29, 1.82) is 0 Å². The number of aromatic amines is 1. The van der Waals surface area contributed by atoms with Crippen molar-refractivity contribution < 1.29 is 0 Å². The van der Waals surface area contributed by atoms with Crippen molar-refractivity contribution in [2.45, 2.75) is 13.5 Å². The summed E-state index contributed by atoms with van der Waals surface area (Å²) in [5, 5.41) is 5.88. The molecule has 0 amide bonds. The second kappa shape index (κ2) is 4.31. The first-order chi connectivity index (χ1) is 7.65. The molecule has 4 N–H and O–H groups in total. The van der Waals surface area contributed by atoms with Gasteiger partial charge in [0.1, 0.15) is 10.7 Å². The summed E-state index contributed by atoms with van der Waals surface area (Å²) >= 11 is 1.56. The van der Waals surface area contributed by atoms with E-state index in [9.17, 15) is 4.79 Å². The van der Waals surface area contributed by atoms with Crippen molar-refractivity contribution >= 4 is 23.0 Å². The molecule has 0 atom stereocenters. The van der Waals surface area contributed by atoms with Crippen LogP contribution in [0.15, 0.2) is 16.4 Å². The number of anilines is 2. The summed E-state index contributed by atoms with van der Waals surface area (Å²) in [6, 6.07) is 0. The highest BCUT2D eigenvalue weighted by molar-refractivity contribution is 7.09. The number of rotatable bonds is 3. The predicted molar refractivity (Wildman–Crippen MR) is 63.4 cm³/mol. The van der Waals surface area contributed by atoms with Crippen LogP contribution in [0.5, 0.6) is 0 Å². The Morgan fingerprint density at radius 1 is 1.62 bits per heavy atom. The molecule has 0 aliphatic carbocycles. The molecule has 0 saturated carbocycles. The van der Waals surface area contributed by atoms with Gasteiger partial charge in [0.2, 0.25) is 5.95 Å². The molecule has 84 valence electrons. The lowest BCUT2D eigenvalue weighted by atomic mass is 10.5. The van der Waals surface area contributed by atoms with Crippen molar-refractivity contribution in [3.8, 4) is 0 Å². The molecular formula is C9H11N5OS. The molecule has 0 aliphatic heterocycles. The van der Waals surface area contributed by atoms with Gasteiger partial charge >= 0.3 is 0 Å². The minimum atomic E-state index is -0.340. The molecule has 0 aromatic carbocycles. The maximum atomic E-state index is 11.2. The van der Waals surface area contributed by atoms with Gasteiger partial charge < -0.3 is 11.1 Å². The van der Waals surface area contributed by atoms with Crippen molar-refractivity contribution in [3.05, 3.63) is 32.6 Å². The van der Waals surface area contributed by atoms with E-state index in [0.717, 1.165) is 10.7 Å². The smallest absolute Gasteiger partial charge is 0.275 e. The van der Waals surface area contributed by atoms with Gasteiger partial charge in [-0.2, -0.15) is 0 Å². The maximum Gasteiger partial charge on any atom is 0.275 e. The first-order valence-electron chi connectivity index (χ1n) is 4.65. The van der Waals surface area contributed by atoms with Gasteiger partial charge in [-0.15, -0.1) is 11.3 Å². The summed E-state index contributed by atoms with van der Waals surface area (Å²) in [7, 11) is 0. The number of aryl methyl sites for hydroxylation is 1. The third kappa shape index (κ3) is 2.37. The Bertz CT molecular complexity index is 547. The minimum Gasteiger partial charge on any atom is -0.393 e. The lowest BCUT2D eigenvalue weighted by Crippen LogP contribution is -2.15. The van der Waals surface area contributed by atoms with E-state index in [2.05, 4.69) is 20.3 Å². The molecule has 2 heterocycles. The number of nitrogen functional groups attached to an aromatic ring is 1. The summed E-state index contributed by atoms with van der Waals surface area (Å²) < 4.78 is 0. The Morgan fingerprint density at radius 3 is 3.06 bits per heavy atom. The predicted octanol–water partition coefficient (Wildman–Crippen LogP) is 0.729. The number of nitrogens with zero attached hydrogens (tertiary/aromatic N) is 2. The fourth-order valence-electron chi connectivity index (χ4n) is 1.14. The van der Waals surface area contributed by atoms with Gasteiger partial charge in [0.15, 0.2) is 0 Å². The normalized spacial score (nSPS) is 10.3. The summed E-state index contributed by atoms with van der Waals surface area (Å²) in [6.45, 7) is 2.47. The Kier molecular flexibility index (Phi) is 2.86. The summed E-state index contributed by atoms with van der Waals surface area (Å²) in [6.07, 6.45) is 1.33. The average molecular weight is 237 g/mol. The largest absolute Gasteiger partial charge is 0.393 e. The van der Waals surface area contributed by atoms with Crippen molar-refractivity contribution in [1.82, 2.24) is 15.0 Å². The van der Waals surface area contributed by atoms with Crippen LogP contribution in [0, 0.1) is 6.92 Å². The highest BCUT2D eigenvalue weighted by Crippen LogP contribution is 2.09. The number of thiazole rings is 1. The molecule has 16 heavy (non-hydrogen) atoms. The van der Waals surface area contributed by atoms with Gasteiger partial charge in [-0.1, -0.05) is 0 Å². The van der Waals surface area contributed by atoms with Gasteiger partial charge in [-0.3, -0.25) is 9.78 Å². The lowest BCUT2D eigenvalue weighted by Gasteiger charge is -2.02. The standard InChI is InChI=1S/C9H11N5OS/c1-5-4-16-7(13-5)3-12-9-11-2-6(10)8(15)14-9/h2,4H,3,10H2,1H3,(H2,11,12,14,15). The quantitative estimate of drug-likeness (QED) is 0.731. The average Bonchev–Trinajstić information content (AvgIpc) is 2.66. The highest BCUT2D eigenvalue weighted by atomic mass is 32.1. The van der Waals surface area contributed by atoms with Gasteiger partial charge in [-0.25, -0.2) is 9.97 Å². The number of H-pyrrole nitrogens is 1. The summed E-state index contributed by atoms with van der Waals surface area (Å²) in [5.74, 6) is 0.395. The van der Waals surface area contributed by atoms with Crippen molar-refractivity contribution in [3.63, 3.8) is 0 Å². The molecule has 0 radical (unpaired) electrons. The monoisotopic (exact) mass is 237 g/mol. The number of hydrogen-bond acceptors (Lipinski definition) is 6. The third-order valence-corrected chi connectivity index (χ3v) is 2.87. The SMILES string of the molecule is Cc1csc(CNc2ncc(N)c(=O)[nH]2)n1. The topological polar surface area (TPSA) is 96.7 Å². The van der Waals surface area contributed by atoms with E-state index in [1.54, 1.807) is 11.3 Å². The number of nitrogens with one attached hydrogen (secondary N) is 2. The lowest BCUT2D eigenvalue weighted by molar-refractivity contribution is 1.01. The zero-order chi connectivity index (χ0) is 11.5. The number of aromatic nitrogens is 3. The Balaban J connectivity index is 2.05. The Morgan fingerprint density at radius 2 is 2.44 bits per heavy atom. The minimum absolute atomic E-state index is 0.107. The molecular weight excluding hydrogens is 226 g/mol. The number of nitrogens with two attached hydrogens (primary N) is 1. The number of hydrogen-bond donors (Lipinski definition) is 3. The molecule has 2 aromatic heterocycles. The van der Waals surface area contributed by atoms with Crippen LogP contribution < -0.4 is 16.6 Å². The Hall–Kier alpha value is -1.89. The van der Waals surface area contributed by atoms with E-state index in [1.165, 1.54) is 6.20 Å². The van der Waals surface area contributed by atoms with E-state index in [-0.39, 0.29) is 11.2 Å². The fourth-order valence-corrected chi connectivity index (χ4v) is 1.85.